The van der Waals surface area contributed by atoms with Crippen molar-refractivity contribution >= 4 is 23.5 Å². The highest BCUT2D eigenvalue weighted by atomic mass is 19.3. The molecule has 0 spiro atoms. The van der Waals surface area contributed by atoms with Gasteiger partial charge in [-0.25, -0.2) is 4.79 Å². The van der Waals surface area contributed by atoms with Gasteiger partial charge < -0.3 is 45.9 Å². The van der Waals surface area contributed by atoms with Gasteiger partial charge in [-0.1, -0.05) is 27.7 Å². The number of nitrogens with zero attached hydrogens (tertiary/aromatic N) is 5. The molecule has 1 saturated heterocycles. The van der Waals surface area contributed by atoms with E-state index in [1.165, 1.54) is 34.9 Å². The van der Waals surface area contributed by atoms with Gasteiger partial charge in [0.1, 0.15) is 41.0 Å². The number of aliphatic hydroxyl groups is 2. The van der Waals surface area contributed by atoms with E-state index in [4.69, 9.17) is 9.47 Å². The van der Waals surface area contributed by atoms with Gasteiger partial charge in [0.2, 0.25) is 18.0 Å². The normalized spacial score (nSPS) is 17.6. The first-order valence-electron chi connectivity index (χ1n) is 19.2. The van der Waals surface area contributed by atoms with Crippen molar-refractivity contribution in [3.8, 4) is 40.1 Å². The zero-order valence-electron chi connectivity index (χ0n) is 33.5. The van der Waals surface area contributed by atoms with E-state index in [1.807, 2.05) is 13.8 Å². The highest BCUT2D eigenvalue weighted by Gasteiger charge is 2.59. The van der Waals surface area contributed by atoms with E-state index in [0.29, 0.717) is 33.9 Å². The Balaban J connectivity index is 1.13. The molecular weight excluding hydrogens is 802 g/mol. The summed E-state index contributed by atoms with van der Waals surface area (Å²) in [6.45, 7) is 8.29. The first kappa shape index (κ1) is 43.8. The number of aromatic hydroxyl groups is 2. The number of rotatable bonds is 14. The lowest BCUT2D eigenvalue weighted by molar-refractivity contribution is -0.141. The average molecular weight is 847 g/mol. The molecule has 1 aliphatic heterocycles. The Morgan fingerprint density at radius 1 is 0.934 bits per heavy atom. The first-order valence-corrected chi connectivity index (χ1v) is 19.2. The number of hydrogen-bond acceptors (Lipinski definition) is 13. The number of amides is 3. The lowest BCUT2D eigenvalue weighted by Crippen LogP contribution is -2.47. The number of anilines is 1. The van der Waals surface area contributed by atoms with Crippen molar-refractivity contribution in [1.82, 2.24) is 34.9 Å². The van der Waals surface area contributed by atoms with Crippen molar-refractivity contribution in [2.45, 2.75) is 70.9 Å². The van der Waals surface area contributed by atoms with E-state index in [0.717, 1.165) is 12.3 Å². The maximum Gasteiger partial charge on any atom is 0.351 e. The molecular formula is C41H44F2N8O10. The quantitative estimate of drug-likeness (QED) is 0.0840. The van der Waals surface area contributed by atoms with Crippen LogP contribution in [0.5, 0.6) is 23.0 Å². The van der Waals surface area contributed by atoms with Crippen molar-refractivity contribution in [3.05, 3.63) is 100 Å². The van der Waals surface area contributed by atoms with Gasteiger partial charge in [-0.2, -0.15) is 13.8 Å². The van der Waals surface area contributed by atoms with Gasteiger partial charge in [0.15, 0.2) is 11.9 Å². The van der Waals surface area contributed by atoms with Crippen molar-refractivity contribution in [3.63, 3.8) is 0 Å². The second-order valence-electron chi connectivity index (χ2n) is 14.8. The fourth-order valence-electron chi connectivity index (χ4n) is 6.54. The fraction of sp³-hybridized carbons (Fsp3) is 0.341. The van der Waals surface area contributed by atoms with Crippen LogP contribution in [0.1, 0.15) is 73.3 Å². The number of aromatic nitrogens is 5. The maximum atomic E-state index is 14.6. The Morgan fingerprint density at radius 2 is 1.59 bits per heavy atom. The molecule has 6 rings (SSSR count). The number of carbonyl (C=O) groups excluding carboxylic acids is 3. The van der Waals surface area contributed by atoms with Gasteiger partial charge in [-0.3, -0.25) is 23.5 Å². The summed E-state index contributed by atoms with van der Waals surface area (Å²) in [4.78, 5) is 55.8. The third kappa shape index (κ3) is 9.05. The Hall–Kier alpha value is -6.77. The summed E-state index contributed by atoms with van der Waals surface area (Å²) in [5.41, 5.74) is 0.232. The molecule has 1 aliphatic rings. The molecule has 0 saturated carbocycles. The third-order valence-corrected chi connectivity index (χ3v) is 9.79. The number of aliphatic hydroxyl groups excluding tert-OH is 2. The second kappa shape index (κ2) is 17.8. The second-order valence-corrected chi connectivity index (χ2v) is 14.8. The Bertz CT molecular complexity index is 2470. The molecule has 3 aromatic carbocycles. The molecule has 4 atom stereocenters. The van der Waals surface area contributed by atoms with Crippen LogP contribution >= 0.6 is 0 Å². The van der Waals surface area contributed by atoms with Crippen LogP contribution in [0.25, 0.3) is 17.1 Å². The van der Waals surface area contributed by atoms with Gasteiger partial charge in [0.25, 0.3) is 11.8 Å². The minimum atomic E-state index is -3.92. The number of alkyl halides is 2. The van der Waals surface area contributed by atoms with E-state index in [2.05, 4.69) is 31.1 Å². The number of halogens is 2. The van der Waals surface area contributed by atoms with Gasteiger partial charge >= 0.3 is 11.6 Å². The van der Waals surface area contributed by atoms with Gasteiger partial charge in [0, 0.05) is 30.1 Å². The predicted molar refractivity (Wildman–Crippen MR) is 214 cm³/mol. The highest BCUT2D eigenvalue weighted by Crippen LogP contribution is 2.42. The zero-order valence-corrected chi connectivity index (χ0v) is 33.5. The standard InChI is InChI=1S/C41H44F2N8O10/c1-6-44-38(58)35-49-48-34(27-17-26(20(2)3)28(53)18-29(27)54)51(35)23-9-13-25(14-10-23)60-24-11-7-22(8-12-24)36(56)47-32(21(4)5)37(57)45-31-15-16-50(40(59)46-31)39-41(42,43)33(55)30(19-52)61-39/h7-18,20-21,30,32-33,39,52-55H,6,19H2,1-5H3,(H,44,58)(H,47,56)(H,45,46,57,59)/t30?,32-,33+,39+/m0/s1. The molecule has 61 heavy (non-hydrogen) atoms. The van der Waals surface area contributed by atoms with Crippen LogP contribution in [0.2, 0.25) is 0 Å². The Kier molecular flexibility index (Phi) is 12.8. The first-order chi connectivity index (χ1) is 28.9. The van der Waals surface area contributed by atoms with Crippen LogP contribution in [0, 0.1) is 5.92 Å². The molecule has 5 aromatic rings. The summed E-state index contributed by atoms with van der Waals surface area (Å²) in [5.74, 6) is -6.08. The van der Waals surface area contributed by atoms with Gasteiger partial charge in [0.05, 0.1) is 12.2 Å². The summed E-state index contributed by atoms with van der Waals surface area (Å²) < 4.78 is 42.1. The summed E-state index contributed by atoms with van der Waals surface area (Å²) in [6.07, 6.45) is -5.33. The molecule has 1 fully saturated rings. The van der Waals surface area contributed by atoms with Crippen molar-refractivity contribution in [2.24, 2.45) is 5.92 Å². The number of ether oxygens (including phenoxy) is 2. The number of nitrogens with one attached hydrogen (secondary N) is 3. The molecule has 322 valence electrons. The summed E-state index contributed by atoms with van der Waals surface area (Å²) in [7, 11) is 0. The minimum absolute atomic E-state index is 0.0404. The average Bonchev–Trinajstić information content (AvgIpc) is 3.75. The molecule has 0 aliphatic carbocycles. The smallest absolute Gasteiger partial charge is 0.351 e. The van der Waals surface area contributed by atoms with E-state index < -0.39 is 66.3 Å². The maximum absolute atomic E-state index is 14.6. The van der Waals surface area contributed by atoms with Crippen LogP contribution in [0.15, 0.2) is 77.7 Å². The lowest BCUT2D eigenvalue weighted by Gasteiger charge is -2.22. The number of carbonyl (C=O) groups is 3. The molecule has 1 unspecified atom stereocenters. The molecule has 0 radical (unpaired) electrons. The number of phenols is 2. The van der Waals surface area contributed by atoms with Crippen LogP contribution < -0.4 is 26.4 Å². The molecule has 3 amide bonds. The van der Waals surface area contributed by atoms with Crippen LogP contribution in [0.4, 0.5) is 14.6 Å². The predicted octanol–water partition coefficient (Wildman–Crippen LogP) is 3.85. The van der Waals surface area contributed by atoms with Crippen LogP contribution in [0.3, 0.4) is 0 Å². The van der Waals surface area contributed by atoms with Crippen LogP contribution in [-0.4, -0.2) is 99.8 Å². The summed E-state index contributed by atoms with van der Waals surface area (Å²) in [6, 6.07) is 15.4. The lowest BCUT2D eigenvalue weighted by atomic mass is 9.98. The molecule has 0 bridgehead atoms. The number of phenolic OH excluding ortho intramolecular Hbond substituents is 2. The minimum Gasteiger partial charge on any atom is -0.508 e. The monoisotopic (exact) mass is 846 g/mol. The SMILES string of the molecule is CCNC(=O)c1nnc(-c2cc(C(C)C)c(O)cc2O)n1-c1ccc(Oc2ccc(C(=O)N[C@H](C(=O)Nc3ccn([C@@H]4OC(CO)[C@@H](O)C4(F)F)c(=O)n3)C(C)C)cc2)cc1. The molecule has 18 nitrogen and oxygen atoms in total. The number of benzene rings is 3. The topological polar surface area (TPSA) is 252 Å². The Morgan fingerprint density at radius 3 is 2.16 bits per heavy atom. The molecule has 2 aromatic heterocycles. The molecule has 3 heterocycles. The summed E-state index contributed by atoms with van der Waals surface area (Å²) >= 11 is 0. The fourth-order valence-corrected chi connectivity index (χ4v) is 6.54. The Labute approximate surface area is 346 Å². The van der Waals surface area contributed by atoms with Gasteiger partial charge in [-0.15, -0.1) is 10.2 Å². The largest absolute Gasteiger partial charge is 0.508 e. The summed E-state index contributed by atoms with van der Waals surface area (Å²) in [5, 5.41) is 56.3. The number of hydrogen-bond donors (Lipinski definition) is 7. The van der Waals surface area contributed by atoms with E-state index in [1.54, 1.807) is 51.1 Å². The van der Waals surface area contributed by atoms with Crippen LogP contribution in [-0.2, 0) is 9.53 Å². The van der Waals surface area contributed by atoms with E-state index in [9.17, 15) is 48.4 Å². The van der Waals surface area contributed by atoms with Crippen molar-refractivity contribution < 1.29 is 53.1 Å². The van der Waals surface area contributed by atoms with Crippen molar-refractivity contribution in [1.29, 1.82) is 0 Å². The van der Waals surface area contributed by atoms with E-state index >= 15 is 0 Å². The van der Waals surface area contributed by atoms with Gasteiger partial charge in [-0.05, 0) is 85.0 Å². The van der Waals surface area contributed by atoms with E-state index in [-0.39, 0.29) is 46.0 Å². The molecule has 20 heteroatoms. The highest BCUT2D eigenvalue weighted by molar-refractivity contribution is 6.01. The third-order valence-electron chi connectivity index (χ3n) is 9.79. The molecule has 7 N–H and O–H groups in total. The zero-order chi connectivity index (χ0) is 44.3. The van der Waals surface area contributed by atoms with Crippen molar-refractivity contribution in [2.75, 3.05) is 18.5 Å².